The van der Waals surface area contributed by atoms with Crippen molar-refractivity contribution < 1.29 is 9.47 Å². The Balaban J connectivity index is 2.43. The number of hydrogen-bond acceptors (Lipinski definition) is 4. The fraction of sp³-hybridized carbons (Fsp3) is 0.412. The zero-order valence-corrected chi connectivity index (χ0v) is 14.0. The Bertz CT molecular complexity index is 592. The van der Waals surface area contributed by atoms with Crippen LogP contribution in [0.4, 0.5) is 0 Å². The third kappa shape index (κ3) is 3.77. The van der Waals surface area contributed by atoms with Crippen LogP contribution in [0.5, 0.6) is 11.5 Å². The highest BCUT2D eigenvalue weighted by Crippen LogP contribution is 2.37. The lowest BCUT2D eigenvalue weighted by Gasteiger charge is -2.15. The van der Waals surface area contributed by atoms with Crippen LogP contribution in [-0.4, -0.2) is 20.8 Å². The van der Waals surface area contributed by atoms with Gasteiger partial charge in [0.05, 0.1) is 14.2 Å². The van der Waals surface area contributed by atoms with Crippen molar-refractivity contribution in [2.45, 2.75) is 26.8 Å². The first-order valence-corrected chi connectivity index (χ1v) is 8.08. The highest BCUT2D eigenvalue weighted by molar-refractivity contribution is 7.10. The predicted octanol–water partition coefficient (Wildman–Crippen LogP) is 4.24. The summed E-state index contributed by atoms with van der Waals surface area (Å²) in [5, 5.41) is 5.66. The van der Waals surface area contributed by atoms with Crippen molar-refractivity contribution in [3.63, 3.8) is 0 Å². The van der Waals surface area contributed by atoms with Crippen LogP contribution in [0.25, 0.3) is 11.1 Å². The molecule has 0 fully saturated rings. The van der Waals surface area contributed by atoms with Gasteiger partial charge in [0.1, 0.15) is 0 Å². The van der Waals surface area contributed by atoms with Crippen molar-refractivity contribution in [3.8, 4) is 22.6 Å². The van der Waals surface area contributed by atoms with Crippen LogP contribution in [0.2, 0.25) is 0 Å². The Morgan fingerprint density at radius 2 is 1.81 bits per heavy atom. The Labute approximate surface area is 130 Å². The second-order valence-corrected chi connectivity index (χ2v) is 6.10. The molecule has 0 saturated carbocycles. The highest BCUT2D eigenvalue weighted by Gasteiger charge is 2.13. The maximum absolute atomic E-state index is 5.44. The molecule has 0 bridgehead atoms. The summed E-state index contributed by atoms with van der Waals surface area (Å²) in [4.78, 5) is 1.31. The minimum absolute atomic E-state index is 0.774. The second-order valence-electron chi connectivity index (χ2n) is 4.99. The third-order valence-electron chi connectivity index (χ3n) is 3.39. The van der Waals surface area contributed by atoms with Crippen molar-refractivity contribution in [1.82, 2.24) is 5.32 Å². The number of rotatable bonds is 7. The van der Waals surface area contributed by atoms with Crippen LogP contribution >= 0.6 is 11.3 Å². The van der Waals surface area contributed by atoms with E-state index in [-0.39, 0.29) is 0 Å². The molecule has 0 saturated heterocycles. The molecular formula is C17H23NO2S. The Hall–Kier alpha value is -1.52. The summed E-state index contributed by atoms with van der Waals surface area (Å²) in [7, 11) is 3.35. The Morgan fingerprint density at radius 3 is 2.38 bits per heavy atom. The van der Waals surface area contributed by atoms with E-state index in [1.807, 2.05) is 0 Å². The molecule has 0 amide bonds. The summed E-state index contributed by atoms with van der Waals surface area (Å²) < 4.78 is 10.9. The quantitative estimate of drug-likeness (QED) is 0.776. The molecule has 0 aliphatic carbocycles. The number of thiophene rings is 1. The van der Waals surface area contributed by atoms with Crippen molar-refractivity contribution in [2.75, 3.05) is 20.8 Å². The van der Waals surface area contributed by atoms with Gasteiger partial charge in [0.2, 0.25) is 0 Å². The minimum Gasteiger partial charge on any atom is -0.493 e. The van der Waals surface area contributed by atoms with E-state index in [1.165, 1.54) is 21.6 Å². The molecule has 3 nitrogen and oxygen atoms in total. The SMILES string of the molecule is CCCNCc1cc(OC)c(OC)cc1-c1csc(C)c1. The lowest BCUT2D eigenvalue weighted by atomic mass is 10.0. The first kappa shape index (κ1) is 15.9. The normalized spacial score (nSPS) is 10.7. The van der Waals surface area contributed by atoms with Crippen LogP contribution in [-0.2, 0) is 6.54 Å². The number of benzene rings is 1. The molecule has 0 spiro atoms. The summed E-state index contributed by atoms with van der Waals surface area (Å²) in [5.41, 5.74) is 3.69. The van der Waals surface area contributed by atoms with Gasteiger partial charge >= 0.3 is 0 Å². The van der Waals surface area contributed by atoms with Gasteiger partial charge in [0, 0.05) is 11.4 Å². The van der Waals surface area contributed by atoms with Gasteiger partial charge in [0.25, 0.3) is 0 Å². The fourth-order valence-corrected chi connectivity index (χ4v) is 3.02. The Kier molecular flexibility index (Phi) is 5.65. The molecule has 2 rings (SSSR count). The second kappa shape index (κ2) is 7.48. The molecule has 0 radical (unpaired) electrons. The van der Waals surface area contributed by atoms with E-state index >= 15 is 0 Å². The van der Waals surface area contributed by atoms with Gasteiger partial charge in [0.15, 0.2) is 11.5 Å². The number of aryl methyl sites for hydroxylation is 1. The first-order valence-electron chi connectivity index (χ1n) is 7.20. The van der Waals surface area contributed by atoms with Crippen LogP contribution in [0.3, 0.4) is 0 Å². The zero-order chi connectivity index (χ0) is 15.2. The first-order chi connectivity index (χ1) is 10.2. The molecule has 0 unspecified atom stereocenters. The van der Waals surface area contributed by atoms with Crippen molar-refractivity contribution in [1.29, 1.82) is 0 Å². The van der Waals surface area contributed by atoms with Gasteiger partial charge in [-0.1, -0.05) is 6.92 Å². The van der Waals surface area contributed by atoms with E-state index in [0.717, 1.165) is 31.0 Å². The van der Waals surface area contributed by atoms with Crippen LogP contribution in [0.1, 0.15) is 23.8 Å². The molecule has 4 heteroatoms. The molecule has 1 aromatic carbocycles. The van der Waals surface area contributed by atoms with Gasteiger partial charge < -0.3 is 14.8 Å². The molecule has 0 aliphatic heterocycles. The standard InChI is InChI=1S/C17H23NO2S/c1-5-6-18-10-13-8-16(19-3)17(20-4)9-15(13)14-7-12(2)21-11-14/h7-9,11,18H,5-6,10H2,1-4H3. The highest BCUT2D eigenvalue weighted by atomic mass is 32.1. The van der Waals surface area contributed by atoms with Gasteiger partial charge in [-0.2, -0.15) is 0 Å². The average Bonchev–Trinajstić information content (AvgIpc) is 2.93. The monoisotopic (exact) mass is 305 g/mol. The van der Waals surface area contributed by atoms with Crippen molar-refractivity contribution in [2.24, 2.45) is 0 Å². The minimum atomic E-state index is 0.774. The summed E-state index contributed by atoms with van der Waals surface area (Å²) in [6, 6.07) is 6.36. The van der Waals surface area contributed by atoms with E-state index in [2.05, 4.69) is 42.7 Å². The molecule has 1 N–H and O–H groups in total. The van der Waals surface area contributed by atoms with Gasteiger partial charge in [-0.05, 0) is 60.2 Å². The lowest BCUT2D eigenvalue weighted by molar-refractivity contribution is 0.354. The third-order valence-corrected chi connectivity index (χ3v) is 4.25. The number of methoxy groups -OCH3 is 2. The molecule has 1 heterocycles. The van der Waals surface area contributed by atoms with E-state index in [0.29, 0.717) is 0 Å². The van der Waals surface area contributed by atoms with Crippen molar-refractivity contribution >= 4 is 11.3 Å². The van der Waals surface area contributed by atoms with Gasteiger partial charge in [-0.3, -0.25) is 0 Å². The number of hydrogen-bond donors (Lipinski definition) is 1. The zero-order valence-electron chi connectivity index (χ0n) is 13.2. The summed E-state index contributed by atoms with van der Waals surface area (Å²) in [5.74, 6) is 1.55. The summed E-state index contributed by atoms with van der Waals surface area (Å²) >= 11 is 1.77. The lowest BCUT2D eigenvalue weighted by Crippen LogP contribution is -2.14. The van der Waals surface area contributed by atoms with Crippen molar-refractivity contribution in [3.05, 3.63) is 34.0 Å². The maximum atomic E-state index is 5.44. The number of ether oxygens (including phenoxy) is 2. The summed E-state index contributed by atoms with van der Waals surface area (Å²) in [6.45, 7) is 6.14. The van der Waals surface area contributed by atoms with E-state index in [9.17, 15) is 0 Å². The molecule has 0 atom stereocenters. The van der Waals surface area contributed by atoms with Crippen LogP contribution < -0.4 is 14.8 Å². The van der Waals surface area contributed by atoms with E-state index in [1.54, 1.807) is 25.6 Å². The summed E-state index contributed by atoms with van der Waals surface area (Å²) in [6.07, 6.45) is 1.13. The van der Waals surface area contributed by atoms with E-state index in [4.69, 9.17) is 9.47 Å². The maximum Gasteiger partial charge on any atom is 0.161 e. The fourth-order valence-electron chi connectivity index (χ4n) is 2.32. The molecule has 1 aromatic heterocycles. The molecule has 114 valence electrons. The Morgan fingerprint density at radius 1 is 1.10 bits per heavy atom. The topological polar surface area (TPSA) is 30.5 Å². The van der Waals surface area contributed by atoms with Crippen LogP contribution in [0.15, 0.2) is 23.6 Å². The molecule has 0 aliphatic rings. The molecular weight excluding hydrogens is 282 g/mol. The van der Waals surface area contributed by atoms with E-state index < -0.39 is 0 Å². The largest absolute Gasteiger partial charge is 0.493 e. The van der Waals surface area contributed by atoms with Gasteiger partial charge in [-0.25, -0.2) is 0 Å². The van der Waals surface area contributed by atoms with Crippen LogP contribution in [0, 0.1) is 6.92 Å². The average molecular weight is 305 g/mol. The predicted molar refractivity (Wildman–Crippen MR) is 89.6 cm³/mol. The van der Waals surface area contributed by atoms with Gasteiger partial charge in [-0.15, -0.1) is 11.3 Å². The number of nitrogens with one attached hydrogen (secondary N) is 1. The molecule has 21 heavy (non-hydrogen) atoms. The molecule has 2 aromatic rings. The smallest absolute Gasteiger partial charge is 0.161 e.